The molecular formula is C12H22O3S. The van der Waals surface area contributed by atoms with Gasteiger partial charge in [0.1, 0.15) is 0 Å². The molecule has 0 aromatic heterocycles. The summed E-state index contributed by atoms with van der Waals surface area (Å²) >= 11 is 0. The van der Waals surface area contributed by atoms with Gasteiger partial charge in [0.05, 0.1) is 5.92 Å². The molecule has 0 aromatic rings. The first-order valence-electron chi connectivity index (χ1n) is 6.16. The number of hydrogen-bond acceptors (Lipinski definition) is 2. The Morgan fingerprint density at radius 3 is 2.62 bits per heavy atom. The topological polar surface area (TPSA) is 54.4 Å². The van der Waals surface area contributed by atoms with Gasteiger partial charge in [0.15, 0.2) is 0 Å². The minimum atomic E-state index is -0.968. The van der Waals surface area contributed by atoms with Crippen LogP contribution in [-0.4, -0.2) is 26.3 Å². The Bertz CT molecular complexity index is 265. The molecule has 4 heteroatoms. The van der Waals surface area contributed by atoms with Gasteiger partial charge in [-0.3, -0.25) is 9.00 Å². The van der Waals surface area contributed by atoms with Crippen LogP contribution >= 0.6 is 0 Å². The zero-order valence-corrected chi connectivity index (χ0v) is 11.0. The summed E-state index contributed by atoms with van der Waals surface area (Å²) in [5, 5.41) is 9.05. The SMILES string of the molecule is CCC1CCCCC1S(=O)CC(C)C(=O)O. The minimum absolute atomic E-state index is 0.237. The highest BCUT2D eigenvalue weighted by molar-refractivity contribution is 7.85. The second-order valence-electron chi connectivity index (χ2n) is 4.78. The Morgan fingerprint density at radius 1 is 1.44 bits per heavy atom. The van der Waals surface area contributed by atoms with E-state index in [0.717, 1.165) is 25.7 Å². The normalized spacial score (nSPS) is 29.6. The van der Waals surface area contributed by atoms with Gasteiger partial charge in [-0.2, -0.15) is 0 Å². The fourth-order valence-corrected chi connectivity index (χ4v) is 4.50. The molecule has 0 radical (unpaired) electrons. The molecule has 0 heterocycles. The van der Waals surface area contributed by atoms with Gasteiger partial charge in [0.25, 0.3) is 0 Å². The number of hydrogen-bond donors (Lipinski definition) is 1. The monoisotopic (exact) mass is 246 g/mol. The molecule has 1 saturated carbocycles. The van der Waals surface area contributed by atoms with Gasteiger partial charge >= 0.3 is 5.97 Å². The summed E-state index contributed by atoms with van der Waals surface area (Å²) in [5.74, 6) is -0.468. The quantitative estimate of drug-likeness (QED) is 0.810. The molecule has 0 aromatic carbocycles. The maximum absolute atomic E-state index is 12.1. The van der Waals surface area contributed by atoms with Crippen LogP contribution < -0.4 is 0 Å². The average Bonchev–Trinajstić information content (AvgIpc) is 2.28. The number of carbonyl (C=O) groups is 1. The molecule has 1 aliphatic carbocycles. The lowest BCUT2D eigenvalue weighted by Crippen LogP contribution is -2.32. The fraction of sp³-hybridized carbons (Fsp3) is 0.917. The van der Waals surface area contributed by atoms with Crippen molar-refractivity contribution in [3.63, 3.8) is 0 Å². The molecule has 3 nitrogen and oxygen atoms in total. The highest BCUT2D eigenvalue weighted by Crippen LogP contribution is 2.31. The van der Waals surface area contributed by atoms with Crippen molar-refractivity contribution < 1.29 is 14.1 Å². The van der Waals surface area contributed by atoms with Gasteiger partial charge in [-0.05, 0) is 18.8 Å². The highest BCUT2D eigenvalue weighted by atomic mass is 32.2. The van der Waals surface area contributed by atoms with Crippen molar-refractivity contribution >= 4 is 16.8 Å². The first kappa shape index (κ1) is 13.7. The largest absolute Gasteiger partial charge is 0.481 e. The molecule has 1 fully saturated rings. The van der Waals surface area contributed by atoms with E-state index >= 15 is 0 Å². The lowest BCUT2D eigenvalue weighted by molar-refractivity contribution is -0.140. The van der Waals surface area contributed by atoms with Crippen LogP contribution in [0.25, 0.3) is 0 Å². The zero-order chi connectivity index (χ0) is 12.1. The summed E-state index contributed by atoms with van der Waals surface area (Å²) in [6.45, 7) is 3.78. The van der Waals surface area contributed by atoms with Crippen molar-refractivity contribution in [3.05, 3.63) is 0 Å². The van der Waals surface area contributed by atoms with Crippen molar-refractivity contribution in [3.8, 4) is 0 Å². The maximum Gasteiger partial charge on any atom is 0.307 e. The van der Waals surface area contributed by atoms with E-state index in [1.807, 2.05) is 0 Å². The third kappa shape index (κ3) is 3.58. The standard InChI is InChI=1S/C12H22O3S/c1-3-10-6-4-5-7-11(10)16(15)8-9(2)12(13)14/h9-11H,3-8H2,1-2H3,(H,13,14). The van der Waals surface area contributed by atoms with Gasteiger partial charge in [-0.25, -0.2) is 0 Å². The predicted octanol–water partition coefficient (Wildman–Crippen LogP) is 2.42. The molecule has 16 heavy (non-hydrogen) atoms. The maximum atomic E-state index is 12.1. The van der Waals surface area contributed by atoms with E-state index in [2.05, 4.69) is 6.92 Å². The van der Waals surface area contributed by atoms with E-state index in [1.54, 1.807) is 6.92 Å². The Morgan fingerprint density at radius 2 is 2.06 bits per heavy atom. The Labute approximate surface area is 100 Å². The molecule has 94 valence electrons. The van der Waals surface area contributed by atoms with Crippen molar-refractivity contribution in [1.82, 2.24) is 0 Å². The molecule has 4 unspecified atom stereocenters. The zero-order valence-electron chi connectivity index (χ0n) is 10.1. The molecule has 1 rings (SSSR count). The number of rotatable bonds is 5. The number of carboxylic acid groups (broad SMARTS) is 1. The molecular weight excluding hydrogens is 224 g/mol. The van der Waals surface area contributed by atoms with Crippen molar-refractivity contribution in [2.75, 3.05) is 5.75 Å². The Balaban J connectivity index is 2.54. The van der Waals surface area contributed by atoms with Gasteiger partial charge in [0.2, 0.25) is 0 Å². The molecule has 4 atom stereocenters. The van der Waals surface area contributed by atoms with Crippen LogP contribution in [0.3, 0.4) is 0 Å². The molecule has 1 N–H and O–H groups in total. The summed E-state index contributed by atoms with van der Waals surface area (Å²) in [7, 11) is -0.968. The van der Waals surface area contributed by atoms with E-state index in [1.165, 1.54) is 6.42 Å². The smallest absolute Gasteiger partial charge is 0.307 e. The van der Waals surface area contributed by atoms with E-state index in [-0.39, 0.29) is 5.25 Å². The summed E-state index contributed by atoms with van der Waals surface area (Å²) in [4.78, 5) is 10.7. The van der Waals surface area contributed by atoms with Gasteiger partial charge in [-0.15, -0.1) is 0 Å². The molecule has 0 saturated heterocycles. The summed E-state index contributed by atoms with van der Waals surface area (Å²) in [5.41, 5.74) is 0. The molecule has 0 amide bonds. The van der Waals surface area contributed by atoms with Crippen LogP contribution in [-0.2, 0) is 15.6 Å². The predicted molar refractivity (Wildman–Crippen MR) is 65.8 cm³/mol. The summed E-state index contributed by atoms with van der Waals surface area (Å²) < 4.78 is 12.1. The van der Waals surface area contributed by atoms with E-state index < -0.39 is 22.7 Å². The fourth-order valence-electron chi connectivity index (χ4n) is 2.43. The van der Waals surface area contributed by atoms with E-state index in [0.29, 0.717) is 11.7 Å². The third-order valence-electron chi connectivity index (χ3n) is 3.54. The van der Waals surface area contributed by atoms with Gasteiger partial charge in [-0.1, -0.05) is 33.1 Å². The Kier molecular flexibility index (Phi) is 5.46. The molecule has 1 aliphatic rings. The second-order valence-corrected chi connectivity index (χ2v) is 6.48. The summed E-state index contributed by atoms with van der Waals surface area (Å²) in [6.07, 6.45) is 5.62. The van der Waals surface area contributed by atoms with Crippen LogP contribution in [0, 0.1) is 11.8 Å². The first-order chi connectivity index (χ1) is 7.56. The van der Waals surface area contributed by atoms with E-state index in [4.69, 9.17) is 5.11 Å². The average molecular weight is 246 g/mol. The van der Waals surface area contributed by atoms with Crippen LogP contribution in [0.4, 0.5) is 0 Å². The molecule has 0 aliphatic heterocycles. The third-order valence-corrected chi connectivity index (χ3v) is 5.66. The van der Waals surface area contributed by atoms with Crippen LogP contribution in [0.1, 0.15) is 46.0 Å². The minimum Gasteiger partial charge on any atom is -0.481 e. The van der Waals surface area contributed by atoms with Crippen molar-refractivity contribution in [2.24, 2.45) is 11.8 Å². The summed E-state index contributed by atoms with van der Waals surface area (Å²) in [6, 6.07) is 0. The van der Waals surface area contributed by atoms with Crippen LogP contribution in [0.2, 0.25) is 0 Å². The van der Waals surface area contributed by atoms with E-state index in [9.17, 15) is 9.00 Å². The molecule has 0 spiro atoms. The first-order valence-corrected chi connectivity index (χ1v) is 7.54. The van der Waals surface area contributed by atoms with Crippen molar-refractivity contribution in [2.45, 2.75) is 51.2 Å². The second kappa shape index (κ2) is 6.38. The lowest BCUT2D eigenvalue weighted by atomic mass is 9.87. The number of aliphatic carboxylic acids is 1. The van der Waals surface area contributed by atoms with Crippen LogP contribution in [0.5, 0.6) is 0 Å². The van der Waals surface area contributed by atoms with Gasteiger partial charge < -0.3 is 5.11 Å². The van der Waals surface area contributed by atoms with Crippen LogP contribution in [0.15, 0.2) is 0 Å². The highest BCUT2D eigenvalue weighted by Gasteiger charge is 2.30. The van der Waals surface area contributed by atoms with Crippen molar-refractivity contribution in [1.29, 1.82) is 0 Å². The lowest BCUT2D eigenvalue weighted by Gasteiger charge is -2.30. The Hall–Kier alpha value is -0.380. The number of carboxylic acids is 1. The molecule has 0 bridgehead atoms. The van der Waals surface area contributed by atoms with Gasteiger partial charge in [0, 0.05) is 21.8 Å².